The number of para-hydroxylation sites is 1. The van der Waals surface area contributed by atoms with E-state index in [1.165, 1.54) is 23.0 Å². The Morgan fingerprint density at radius 1 is 1.03 bits per heavy atom. The van der Waals surface area contributed by atoms with Crippen molar-refractivity contribution in [2.24, 2.45) is 0 Å². The summed E-state index contributed by atoms with van der Waals surface area (Å²) in [5, 5.41) is 12.5. The molecule has 0 spiro atoms. The molecule has 2 aliphatic rings. The van der Waals surface area contributed by atoms with Gasteiger partial charge >= 0.3 is 0 Å². The molecule has 2 aromatic carbocycles. The lowest BCUT2D eigenvalue weighted by molar-refractivity contribution is 0.0606. The molecule has 0 fully saturated rings. The van der Waals surface area contributed by atoms with E-state index in [-0.39, 0.29) is 30.8 Å². The highest BCUT2D eigenvalue weighted by molar-refractivity contribution is 5.96. The molecule has 34 heavy (non-hydrogen) atoms. The summed E-state index contributed by atoms with van der Waals surface area (Å²) in [6.07, 6.45) is 5.68. The summed E-state index contributed by atoms with van der Waals surface area (Å²) in [4.78, 5) is 27.3. The van der Waals surface area contributed by atoms with Gasteiger partial charge in [0.05, 0.1) is 0 Å². The number of carbonyl (C=O) groups is 1. The Kier molecular flexibility index (Phi) is 5.57. The molecule has 1 amide bonds. The average Bonchev–Trinajstić information content (AvgIpc) is 2.83. The Labute approximate surface area is 195 Å². The highest BCUT2D eigenvalue weighted by Gasteiger charge is 2.39. The largest absolute Gasteiger partial charge is 0.502 e. The number of aromatic hydroxyl groups is 1. The normalized spacial score (nSPS) is 20.9. The molecular weight excluding hydrogens is 437 g/mol. The molecule has 3 heterocycles. The zero-order valence-corrected chi connectivity index (χ0v) is 18.6. The maximum atomic E-state index is 15.0. The third kappa shape index (κ3) is 3.61. The van der Waals surface area contributed by atoms with Gasteiger partial charge in [0.15, 0.2) is 23.0 Å². The summed E-state index contributed by atoms with van der Waals surface area (Å²) in [6, 6.07) is 14.6. The van der Waals surface area contributed by atoms with Gasteiger partial charge in [0.2, 0.25) is 5.43 Å². The maximum absolute atomic E-state index is 15.0. The van der Waals surface area contributed by atoms with E-state index in [9.17, 15) is 14.7 Å². The van der Waals surface area contributed by atoms with Crippen LogP contribution in [0.1, 0.15) is 41.0 Å². The van der Waals surface area contributed by atoms with E-state index in [2.05, 4.69) is 0 Å². The van der Waals surface area contributed by atoms with E-state index in [1.54, 1.807) is 23.1 Å². The monoisotopic (exact) mass is 461 g/mol. The van der Waals surface area contributed by atoms with Crippen LogP contribution in [-0.2, 0) is 0 Å². The molecule has 7 nitrogen and oxygen atoms in total. The first-order valence-electron chi connectivity index (χ1n) is 11.1. The molecular formula is C26H24FN3O4. The molecule has 0 radical (unpaired) electrons. The van der Waals surface area contributed by atoms with Crippen LogP contribution < -0.4 is 15.2 Å². The van der Waals surface area contributed by atoms with Crippen molar-refractivity contribution in [3.8, 4) is 11.5 Å². The number of benzene rings is 2. The van der Waals surface area contributed by atoms with Crippen LogP contribution in [-0.4, -0.2) is 39.9 Å². The number of halogens is 1. The van der Waals surface area contributed by atoms with Gasteiger partial charge in [-0.05, 0) is 25.0 Å². The average molecular weight is 461 g/mol. The highest BCUT2D eigenvalue weighted by atomic mass is 19.1. The van der Waals surface area contributed by atoms with E-state index >= 15 is 4.39 Å². The topological polar surface area (TPSA) is 75.0 Å². The minimum Gasteiger partial charge on any atom is -0.502 e. The second-order valence-corrected chi connectivity index (χ2v) is 8.42. The summed E-state index contributed by atoms with van der Waals surface area (Å²) < 4.78 is 22.4. The van der Waals surface area contributed by atoms with E-state index < -0.39 is 28.9 Å². The van der Waals surface area contributed by atoms with Crippen molar-refractivity contribution in [3.05, 3.63) is 106 Å². The van der Waals surface area contributed by atoms with Crippen LogP contribution in [0.25, 0.3) is 0 Å². The predicted octanol–water partition coefficient (Wildman–Crippen LogP) is 3.56. The van der Waals surface area contributed by atoms with Gasteiger partial charge in [0.25, 0.3) is 5.91 Å². The van der Waals surface area contributed by atoms with Crippen LogP contribution in [0, 0.1) is 5.82 Å². The van der Waals surface area contributed by atoms with Crippen molar-refractivity contribution in [2.75, 3.05) is 18.3 Å². The zero-order valence-electron chi connectivity index (χ0n) is 18.6. The number of pyridine rings is 1. The van der Waals surface area contributed by atoms with Crippen molar-refractivity contribution in [2.45, 2.75) is 25.4 Å². The molecule has 1 N–H and O–H groups in total. The molecule has 2 aliphatic heterocycles. The third-order valence-electron chi connectivity index (χ3n) is 6.30. The molecule has 2 bridgehead atoms. The van der Waals surface area contributed by atoms with E-state index in [0.29, 0.717) is 12.0 Å². The summed E-state index contributed by atoms with van der Waals surface area (Å²) in [5.41, 5.74) is 0.635. The van der Waals surface area contributed by atoms with Crippen molar-refractivity contribution < 1.29 is 19.0 Å². The number of nitrogens with zero attached hydrogens (tertiary/aromatic N) is 3. The van der Waals surface area contributed by atoms with Gasteiger partial charge in [-0.25, -0.2) is 4.39 Å². The number of rotatable bonds is 1. The van der Waals surface area contributed by atoms with E-state index in [0.717, 1.165) is 5.56 Å². The first-order valence-corrected chi connectivity index (χ1v) is 11.1. The van der Waals surface area contributed by atoms with Crippen LogP contribution in [0.2, 0.25) is 0 Å². The van der Waals surface area contributed by atoms with Crippen molar-refractivity contribution >= 4 is 5.91 Å². The Balaban J connectivity index is 1.82. The minimum absolute atomic E-state index is 0.116. The number of fused-ring (bicyclic) bond motifs is 5. The Hall–Kier alpha value is -4.07. The van der Waals surface area contributed by atoms with Crippen molar-refractivity contribution in [1.29, 1.82) is 0 Å². The molecule has 0 saturated carbocycles. The van der Waals surface area contributed by atoms with Gasteiger partial charge < -0.3 is 14.7 Å². The smallest absolute Gasteiger partial charge is 0.278 e. The molecule has 2 atom stereocenters. The standard InChI is InChI=1S/C26H24FN3O4/c1-17-8-5-6-15-34-25-19(11-7-12-20(25)27)22(18-9-3-2-4-10-18)30-16-28(17)26(33)23-24(32)21(31)13-14-29(23)30/h2-7,9-14,17,22,32H,8,15-16H2,1H3/b6-5-/t17-,22+/m1/s1. The molecule has 1 aromatic heterocycles. The lowest BCUT2D eigenvalue weighted by atomic mass is 9.96. The Morgan fingerprint density at radius 3 is 2.62 bits per heavy atom. The second kappa shape index (κ2) is 8.70. The number of carbonyl (C=O) groups excluding carboxylic acids is 1. The van der Waals surface area contributed by atoms with Gasteiger partial charge in [0.1, 0.15) is 19.3 Å². The lowest BCUT2D eigenvalue weighted by Crippen LogP contribution is -2.57. The molecule has 3 aromatic rings. The number of aromatic nitrogens is 1. The fraction of sp³-hybridized carbons (Fsp3) is 0.231. The number of amides is 1. The summed E-state index contributed by atoms with van der Waals surface area (Å²) in [5.74, 6) is -1.43. The van der Waals surface area contributed by atoms with Gasteiger partial charge in [0, 0.05) is 23.9 Å². The Morgan fingerprint density at radius 2 is 1.82 bits per heavy atom. The molecule has 5 rings (SSSR count). The van der Waals surface area contributed by atoms with Crippen molar-refractivity contribution in [1.82, 2.24) is 9.58 Å². The van der Waals surface area contributed by atoms with Crippen LogP contribution in [0.15, 0.2) is 77.7 Å². The fourth-order valence-electron chi connectivity index (χ4n) is 4.56. The lowest BCUT2D eigenvalue weighted by Gasteiger charge is -2.46. The van der Waals surface area contributed by atoms with Gasteiger partial charge in [-0.15, -0.1) is 0 Å². The van der Waals surface area contributed by atoms with E-state index in [4.69, 9.17) is 4.74 Å². The number of hydrogen-bond donors (Lipinski definition) is 1. The van der Waals surface area contributed by atoms with Crippen LogP contribution >= 0.6 is 0 Å². The first kappa shape index (κ1) is 21.8. The zero-order chi connectivity index (χ0) is 23.8. The summed E-state index contributed by atoms with van der Waals surface area (Å²) >= 11 is 0. The van der Waals surface area contributed by atoms with Gasteiger partial charge in [-0.3, -0.25) is 19.3 Å². The first-order chi connectivity index (χ1) is 16.5. The molecule has 0 unspecified atom stereocenters. The maximum Gasteiger partial charge on any atom is 0.278 e. The quantitative estimate of drug-likeness (QED) is 0.561. The van der Waals surface area contributed by atoms with Crippen LogP contribution in [0.3, 0.4) is 0 Å². The molecule has 0 aliphatic carbocycles. The highest BCUT2D eigenvalue weighted by Crippen LogP contribution is 2.38. The molecule has 0 saturated heterocycles. The molecule has 8 heteroatoms. The third-order valence-corrected chi connectivity index (χ3v) is 6.30. The number of hydrogen-bond acceptors (Lipinski definition) is 5. The second-order valence-electron chi connectivity index (χ2n) is 8.42. The fourth-order valence-corrected chi connectivity index (χ4v) is 4.56. The summed E-state index contributed by atoms with van der Waals surface area (Å²) in [7, 11) is 0. The van der Waals surface area contributed by atoms with Crippen LogP contribution in [0.4, 0.5) is 4.39 Å². The molecule has 174 valence electrons. The predicted molar refractivity (Wildman–Crippen MR) is 125 cm³/mol. The minimum atomic E-state index is -0.638. The van der Waals surface area contributed by atoms with Gasteiger partial charge in [-0.1, -0.05) is 54.6 Å². The Bertz CT molecular complexity index is 1320. The number of ether oxygens (including phenoxy) is 1. The van der Waals surface area contributed by atoms with E-state index in [1.807, 2.05) is 48.3 Å². The van der Waals surface area contributed by atoms with Crippen LogP contribution in [0.5, 0.6) is 11.5 Å². The SMILES string of the molecule is C[C@@H]1C/C=C\COc2c(F)cccc2[C@H](c2ccccc2)N2CN1C(=O)c1c(O)c(=O)ccn12. The summed E-state index contributed by atoms with van der Waals surface area (Å²) in [6.45, 7) is 2.24. The van der Waals surface area contributed by atoms with Crippen molar-refractivity contribution in [3.63, 3.8) is 0 Å². The van der Waals surface area contributed by atoms with Gasteiger partial charge in [-0.2, -0.15) is 0 Å².